The van der Waals surface area contributed by atoms with Crippen LogP contribution in [-0.4, -0.2) is 22.7 Å². The van der Waals surface area contributed by atoms with Gasteiger partial charge in [0.05, 0.1) is 15.9 Å². The molecule has 0 bridgehead atoms. The molecule has 0 aliphatic heterocycles. The van der Waals surface area contributed by atoms with Crippen molar-refractivity contribution in [3.05, 3.63) is 58.6 Å². The largest absolute Gasteiger partial charge is 0.481 e. The van der Waals surface area contributed by atoms with Crippen LogP contribution in [-0.2, 0) is 4.79 Å². The third-order valence-electron chi connectivity index (χ3n) is 4.17. The van der Waals surface area contributed by atoms with E-state index in [0.717, 1.165) is 26.4 Å². The van der Waals surface area contributed by atoms with E-state index in [1.807, 2.05) is 63.2 Å². The summed E-state index contributed by atoms with van der Waals surface area (Å²) in [6.07, 6.45) is -0.651. The minimum atomic E-state index is -0.651. The predicted octanol–water partition coefficient (Wildman–Crippen LogP) is 4.22. The van der Waals surface area contributed by atoms with E-state index in [4.69, 9.17) is 4.74 Å². The Morgan fingerprint density at radius 3 is 2.73 bits per heavy atom. The average Bonchev–Trinajstić information content (AvgIpc) is 3.07. The van der Waals surface area contributed by atoms with Gasteiger partial charge in [0, 0.05) is 0 Å². The van der Waals surface area contributed by atoms with Crippen LogP contribution in [0.5, 0.6) is 5.75 Å². The van der Waals surface area contributed by atoms with Gasteiger partial charge < -0.3 is 4.74 Å². The molecule has 1 heterocycles. The second-order valence-corrected chi connectivity index (χ2v) is 7.15. The van der Waals surface area contributed by atoms with Crippen LogP contribution >= 0.6 is 11.3 Å². The number of hydrogen-bond donors (Lipinski definition) is 1. The molecule has 6 heteroatoms. The lowest BCUT2D eigenvalue weighted by Gasteiger charge is -2.16. The van der Waals surface area contributed by atoms with Gasteiger partial charge in [-0.15, -0.1) is 11.3 Å². The highest BCUT2D eigenvalue weighted by Crippen LogP contribution is 2.23. The minimum absolute atomic E-state index is 0.300. The van der Waals surface area contributed by atoms with E-state index in [9.17, 15) is 4.79 Å². The number of carbonyl (C=O) groups is 1. The minimum Gasteiger partial charge on any atom is -0.481 e. The van der Waals surface area contributed by atoms with Gasteiger partial charge in [0.15, 0.2) is 6.10 Å². The fourth-order valence-corrected chi connectivity index (χ4v) is 3.31. The number of nitrogens with one attached hydrogen (secondary N) is 1. The van der Waals surface area contributed by atoms with Gasteiger partial charge in [0.2, 0.25) is 0 Å². The first kappa shape index (κ1) is 18.1. The van der Waals surface area contributed by atoms with Gasteiger partial charge in [-0.05, 0) is 57.0 Å². The molecule has 5 nitrogen and oxygen atoms in total. The molecule has 0 saturated carbocycles. The summed E-state index contributed by atoms with van der Waals surface area (Å²) in [4.78, 5) is 16.8. The lowest BCUT2D eigenvalue weighted by Crippen LogP contribution is -2.34. The number of amides is 1. The Morgan fingerprint density at radius 1 is 1.19 bits per heavy atom. The van der Waals surface area contributed by atoms with Crippen molar-refractivity contribution in [3.8, 4) is 5.75 Å². The van der Waals surface area contributed by atoms with E-state index in [0.29, 0.717) is 11.5 Å². The molecule has 3 aromatic rings. The van der Waals surface area contributed by atoms with Crippen molar-refractivity contribution in [3.63, 3.8) is 0 Å². The number of carbonyl (C=O) groups excluding carboxylic acids is 1. The molecule has 1 amide bonds. The third kappa shape index (κ3) is 3.91. The van der Waals surface area contributed by atoms with Crippen LogP contribution in [0.15, 0.2) is 47.6 Å². The summed E-state index contributed by atoms with van der Waals surface area (Å²) in [7, 11) is 0. The number of hydrogen-bond acceptors (Lipinski definition) is 5. The Labute approximate surface area is 156 Å². The van der Waals surface area contributed by atoms with Gasteiger partial charge in [-0.25, -0.2) is 10.4 Å². The summed E-state index contributed by atoms with van der Waals surface area (Å²) < 4.78 is 6.87. The first-order valence-electron chi connectivity index (χ1n) is 8.38. The van der Waals surface area contributed by atoms with E-state index in [1.165, 1.54) is 0 Å². The highest BCUT2D eigenvalue weighted by atomic mass is 32.1. The summed E-state index contributed by atoms with van der Waals surface area (Å²) in [5, 5.41) is 4.96. The van der Waals surface area contributed by atoms with Crippen molar-refractivity contribution in [2.45, 2.75) is 33.8 Å². The number of benzene rings is 2. The van der Waals surface area contributed by atoms with Crippen LogP contribution < -0.4 is 10.2 Å². The normalized spacial score (nSPS) is 12.8. The van der Waals surface area contributed by atoms with Gasteiger partial charge in [-0.3, -0.25) is 4.79 Å². The standard InChI is InChI=1S/C20H21N3O2S/c1-12-8-7-10-17(13(12)2)25-15(4)19(24)23-22-14(3)20-21-16-9-5-6-11-18(16)26-20/h5-11,15H,1-4H3,(H,23,24)/b22-14-/t15-/m0/s1. The van der Waals surface area contributed by atoms with Crippen LogP contribution in [0, 0.1) is 13.8 Å². The van der Waals surface area contributed by atoms with Gasteiger partial charge >= 0.3 is 0 Å². The Kier molecular flexibility index (Phi) is 5.32. The van der Waals surface area contributed by atoms with Crippen LogP contribution in [0.1, 0.15) is 30.0 Å². The number of fused-ring (bicyclic) bond motifs is 1. The van der Waals surface area contributed by atoms with Gasteiger partial charge in [0.25, 0.3) is 5.91 Å². The monoisotopic (exact) mass is 367 g/mol. The van der Waals surface area contributed by atoms with Gasteiger partial charge in [0.1, 0.15) is 10.8 Å². The molecule has 1 aromatic heterocycles. The number of aryl methyl sites for hydroxylation is 1. The topological polar surface area (TPSA) is 63.6 Å². The van der Waals surface area contributed by atoms with Crippen molar-refractivity contribution < 1.29 is 9.53 Å². The van der Waals surface area contributed by atoms with Gasteiger partial charge in [-0.2, -0.15) is 5.10 Å². The molecule has 26 heavy (non-hydrogen) atoms. The SMILES string of the molecule is C/C(=N/NC(=O)[C@H](C)Oc1cccc(C)c1C)c1nc2ccccc2s1. The molecule has 0 fully saturated rings. The lowest BCUT2D eigenvalue weighted by atomic mass is 10.1. The smallest absolute Gasteiger partial charge is 0.280 e. The molecule has 1 N–H and O–H groups in total. The molecular formula is C20H21N3O2S. The van der Waals surface area contributed by atoms with Crippen LogP contribution in [0.2, 0.25) is 0 Å². The molecule has 2 aromatic carbocycles. The lowest BCUT2D eigenvalue weighted by molar-refractivity contribution is -0.127. The Morgan fingerprint density at radius 2 is 1.96 bits per heavy atom. The fraction of sp³-hybridized carbons (Fsp3) is 0.250. The Balaban J connectivity index is 1.66. The second kappa shape index (κ2) is 7.66. The van der Waals surface area contributed by atoms with Gasteiger partial charge in [-0.1, -0.05) is 24.3 Å². The first-order valence-corrected chi connectivity index (χ1v) is 9.20. The number of ether oxygens (including phenoxy) is 1. The van der Waals surface area contributed by atoms with E-state index in [-0.39, 0.29) is 5.91 Å². The number of thiazole rings is 1. The Bertz CT molecular complexity index is 945. The number of nitrogens with zero attached hydrogens (tertiary/aromatic N) is 2. The van der Waals surface area contributed by atoms with E-state index in [1.54, 1.807) is 18.3 Å². The van der Waals surface area contributed by atoms with Crippen LogP contribution in [0.4, 0.5) is 0 Å². The third-order valence-corrected chi connectivity index (χ3v) is 5.31. The molecule has 0 aliphatic rings. The van der Waals surface area contributed by atoms with Crippen LogP contribution in [0.25, 0.3) is 10.2 Å². The maximum absolute atomic E-state index is 12.3. The maximum atomic E-state index is 12.3. The zero-order valence-corrected chi connectivity index (χ0v) is 16.1. The van der Waals surface area contributed by atoms with Crippen LogP contribution in [0.3, 0.4) is 0 Å². The molecular weight excluding hydrogens is 346 g/mol. The molecule has 0 aliphatic carbocycles. The molecule has 134 valence electrons. The first-order chi connectivity index (χ1) is 12.5. The zero-order valence-electron chi connectivity index (χ0n) is 15.2. The molecule has 0 unspecified atom stereocenters. The van der Waals surface area contributed by atoms with Crippen molar-refractivity contribution >= 4 is 33.2 Å². The second-order valence-electron chi connectivity index (χ2n) is 6.12. The predicted molar refractivity (Wildman–Crippen MR) is 106 cm³/mol. The molecule has 0 saturated heterocycles. The molecule has 1 atom stereocenters. The molecule has 0 radical (unpaired) electrons. The summed E-state index contributed by atoms with van der Waals surface area (Å²) in [5.74, 6) is 0.408. The summed E-state index contributed by atoms with van der Waals surface area (Å²) >= 11 is 1.55. The quantitative estimate of drug-likeness (QED) is 0.542. The van der Waals surface area contributed by atoms with E-state index in [2.05, 4.69) is 15.5 Å². The number of aromatic nitrogens is 1. The molecule has 0 spiro atoms. The van der Waals surface area contributed by atoms with Crippen molar-refractivity contribution in [1.29, 1.82) is 0 Å². The summed E-state index contributed by atoms with van der Waals surface area (Å²) in [6, 6.07) is 13.7. The summed E-state index contributed by atoms with van der Waals surface area (Å²) in [5.41, 5.74) is 6.32. The number of para-hydroxylation sites is 1. The highest BCUT2D eigenvalue weighted by Gasteiger charge is 2.16. The number of hydrazone groups is 1. The van der Waals surface area contributed by atoms with Crippen molar-refractivity contribution in [2.24, 2.45) is 5.10 Å². The number of rotatable bonds is 5. The van der Waals surface area contributed by atoms with Crippen molar-refractivity contribution in [2.75, 3.05) is 0 Å². The average molecular weight is 367 g/mol. The van der Waals surface area contributed by atoms with E-state index >= 15 is 0 Å². The fourth-order valence-electron chi connectivity index (χ4n) is 2.40. The zero-order chi connectivity index (χ0) is 18.7. The highest BCUT2D eigenvalue weighted by molar-refractivity contribution is 7.20. The molecule has 3 rings (SSSR count). The van der Waals surface area contributed by atoms with E-state index < -0.39 is 6.10 Å². The maximum Gasteiger partial charge on any atom is 0.280 e. The Hall–Kier alpha value is -2.73. The van der Waals surface area contributed by atoms with Crippen molar-refractivity contribution in [1.82, 2.24) is 10.4 Å². The summed E-state index contributed by atoms with van der Waals surface area (Å²) in [6.45, 7) is 7.52.